The Hall–Kier alpha value is -1.92. The Bertz CT molecular complexity index is 667. The van der Waals surface area contributed by atoms with Crippen molar-refractivity contribution in [2.45, 2.75) is 26.3 Å². The molecule has 4 N–H and O–H groups in total. The van der Waals surface area contributed by atoms with Crippen LogP contribution >= 0.6 is 11.3 Å². The van der Waals surface area contributed by atoms with Crippen LogP contribution in [0, 0.1) is 12.8 Å². The maximum absolute atomic E-state index is 11.4. The molecule has 1 fully saturated rings. The van der Waals surface area contributed by atoms with Gasteiger partial charge in [-0.15, -0.1) is 11.3 Å². The Labute approximate surface area is 140 Å². The molecule has 1 saturated heterocycles. The van der Waals surface area contributed by atoms with Gasteiger partial charge in [-0.1, -0.05) is 17.7 Å². The number of hydrogen-bond acceptors (Lipinski definition) is 4. The van der Waals surface area contributed by atoms with Gasteiger partial charge < -0.3 is 16.0 Å². The Morgan fingerprint density at radius 1 is 1.43 bits per heavy atom. The molecule has 1 aromatic heterocycles. The molecule has 1 aromatic carbocycles. The van der Waals surface area contributed by atoms with Crippen molar-refractivity contribution in [3.63, 3.8) is 0 Å². The van der Waals surface area contributed by atoms with Crippen LogP contribution in [0.4, 0.5) is 10.8 Å². The maximum atomic E-state index is 11.4. The summed E-state index contributed by atoms with van der Waals surface area (Å²) >= 11 is 1.62. The summed E-state index contributed by atoms with van der Waals surface area (Å²) in [6, 6.07) is 8.28. The molecular formula is C17H23N4OS+. The summed E-state index contributed by atoms with van der Waals surface area (Å²) < 4.78 is 0. The highest BCUT2D eigenvalue weighted by molar-refractivity contribution is 7.13. The van der Waals surface area contributed by atoms with Crippen molar-refractivity contribution in [2.24, 2.45) is 11.7 Å². The molecule has 2 aromatic rings. The molecule has 1 aliphatic rings. The highest BCUT2D eigenvalue weighted by Gasteiger charge is 2.27. The average Bonchev–Trinajstić information content (AvgIpc) is 2.97. The summed E-state index contributed by atoms with van der Waals surface area (Å²) in [5.41, 5.74) is 8.82. The third-order valence-electron chi connectivity index (χ3n) is 4.31. The number of carbonyl (C=O) groups excluding carboxylic acids is 1. The lowest BCUT2D eigenvalue weighted by molar-refractivity contribution is -0.921. The molecule has 122 valence electrons. The number of aromatic nitrogens is 1. The van der Waals surface area contributed by atoms with Gasteiger partial charge in [0.15, 0.2) is 5.13 Å². The van der Waals surface area contributed by atoms with Crippen LogP contribution in [0.1, 0.15) is 24.1 Å². The Morgan fingerprint density at radius 2 is 2.22 bits per heavy atom. The number of piperidine rings is 1. The Balaban J connectivity index is 1.58. The first-order chi connectivity index (χ1) is 11.1. The second-order valence-corrected chi connectivity index (χ2v) is 7.12. The Morgan fingerprint density at radius 3 is 2.96 bits per heavy atom. The monoisotopic (exact) mass is 331 g/mol. The van der Waals surface area contributed by atoms with Gasteiger partial charge in [0.1, 0.15) is 12.2 Å². The van der Waals surface area contributed by atoms with Gasteiger partial charge >= 0.3 is 0 Å². The van der Waals surface area contributed by atoms with Crippen molar-refractivity contribution in [1.29, 1.82) is 0 Å². The minimum Gasteiger partial charge on any atom is -0.369 e. The summed E-state index contributed by atoms with van der Waals surface area (Å²) in [6.07, 6.45) is 1.98. The molecule has 1 aliphatic heterocycles. The molecule has 5 nitrogen and oxygen atoms in total. The molecule has 23 heavy (non-hydrogen) atoms. The third-order valence-corrected chi connectivity index (χ3v) is 5.11. The van der Waals surface area contributed by atoms with Gasteiger partial charge in [-0.25, -0.2) is 4.98 Å². The lowest BCUT2D eigenvalue weighted by atomic mass is 9.97. The quantitative estimate of drug-likeness (QED) is 0.777. The van der Waals surface area contributed by atoms with Crippen LogP contribution in [0.15, 0.2) is 29.6 Å². The number of carbonyl (C=O) groups is 1. The number of hydrogen-bond donors (Lipinski definition) is 3. The van der Waals surface area contributed by atoms with Gasteiger partial charge in [0.05, 0.1) is 19.0 Å². The topological polar surface area (TPSA) is 72.5 Å². The number of amides is 1. The van der Waals surface area contributed by atoms with Crippen LogP contribution in [0.3, 0.4) is 0 Å². The second kappa shape index (κ2) is 7.10. The molecule has 0 bridgehead atoms. The van der Waals surface area contributed by atoms with Crippen molar-refractivity contribution in [3.8, 4) is 0 Å². The first-order valence-electron chi connectivity index (χ1n) is 8.01. The number of anilines is 2. The average molecular weight is 331 g/mol. The molecule has 0 radical (unpaired) electrons. The van der Waals surface area contributed by atoms with Crippen molar-refractivity contribution >= 4 is 28.1 Å². The molecular weight excluding hydrogens is 308 g/mol. The predicted molar refractivity (Wildman–Crippen MR) is 92.9 cm³/mol. The van der Waals surface area contributed by atoms with Gasteiger partial charge in [-0.05, 0) is 31.9 Å². The zero-order valence-electron chi connectivity index (χ0n) is 13.3. The fourth-order valence-corrected chi connectivity index (χ4v) is 3.75. The van der Waals surface area contributed by atoms with Crippen LogP contribution in [-0.4, -0.2) is 24.0 Å². The van der Waals surface area contributed by atoms with Crippen LogP contribution in [0.5, 0.6) is 0 Å². The number of thiazole rings is 1. The van der Waals surface area contributed by atoms with Crippen LogP contribution < -0.4 is 16.0 Å². The van der Waals surface area contributed by atoms with E-state index in [0.29, 0.717) is 0 Å². The van der Waals surface area contributed by atoms with E-state index in [1.165, 1.54) is 10.5 Å². The summed E-state index contributed by atoms with van der Waals surface area (Å²) in [6.45, 7) is 4.84. The van der Waals surface area contributed by atoms with E-state index in [1.807, 2.05) is 0 Å². The van der Waals surface area contributed by atoms with Crippen LogP contribution in [0.2, 0.25) is 0 Å². The highest BCUT2D eigenvalue weighted by Crippen LogP contribution is 2.21. The van der Waals surface area contributed by atoms with E-state index in [1.54, 1.807) is 11.3 Å². The number of primary amides is 1. The summed E-state index contributed by atoms with van der Waals surface area (Å²) in [5, 5.41) is 6.34. The molecule has 3 rings (SSSR count). The van der Waals surface area contributed by atoms with Gasteiger partial charge in [-0.3, -0.25) is 4.79 Å². The molecule has 2 atom stereocenters. The SMILES string of the molecule is Cc1ccc(Nc2nc(C[NH+]3CCC[C@H](C(N)=O)C3)cs2)cc1. The van der Waals surface area contributed by atoms with Crippen LogP contribution in [-0.2, 0) is 11.3 Å². The van der Waals surface area contributed by atoms with Gasteiger partial charge in [-0.2, -0.15) is 0 Å². The smallest absolute Gasteiger partial charge is 0.226 e. The number of benzene rings is 1. The van der Waals surface area contributed by atoms with Crippen molar-refractivity contribution < 1.29 is 9.69 Å². The number of likely N-dealkylation sites (tertiary alicyclic amines) is 1. The maximum Gasteiger partial charge on any atom is 0.226 e. The van der Waals surface area contributed by atoms with E-state index in [2.05, 4.69) is 46.9 Å². The number of nitrogens with one attached hydrogen (secondary N) is 2. The normalized spacial score (nSPS) is 21.1. The van der Waals surface area contributed by atoms with E-state index in [9.17, 15) is 4.79 Å². The number of rotatable bonds is 5. The highest BCUT2D eigenvalue weighted by atomic mass is 32.1. The molecule has 0 saturated carbocycles. The number of nitrogens with two attached hydrogens (primary N) is 1. The predicted octanol–water partition coefficient (Wildman–Crippen LogP) is 1.48. The van der Waals surface area contributed by atoms with Gasteiger partial charge in [0, 0.05) is 11.1 Å². The fourth-order valence-electron chi connectivity index (χ4n) is 3.02. The Kier molecular flexibility index (Phi) is 4.93. The summed E-state index contributed by atoms with van der Waals surface area (Å²) in [5.74, 6) is -0.148. The third kappa shape index (κ3) is 4.30. The van der Waals surface area contributed by atoms with E-state index < -0.39 is 0 Å². The van der Waals surface area contributed by atoms with Crippen LogP contribution in [0.25, 0.3) is 0 Å². The fraction of sp³-hybridized carbons (Fsp3) is 0.412. The van der Waals surface area contributed by atoms with E-state index >= 15 is 0 Å². The van der Waals surface area contributed by atoms with Crippen molar-refractivity contribution in [3.05, 3.63) is 40.9 Å². The lowest BCUT2D eigenvalue weighted by Gasteiger charge is -2.27. The van der Waals surface area contributed by atoms with Gasteiger partial charge in [0.25, 0.3) is 0 Å². The summed E-state index contributed by atoms with van der Waals surface area (Å²) in [4.78, 5) is 17.4. The lowest BCUT2D eigenvalue weighted by Crippen LogP contribution is -3.12. The molecule has 0 aliphatic carbocycles. The van der Waals surface area contributed by atoms with Crippen molar-refractivity contribution in [1.82, 2.24) is 4.98 Å². The van der Waals surface area contributed by atoms with E-state index in [-0.39, 0.29) is 11.8 Å². The molecule has 0 spiro atoms. The number of quaternary nitrogens is 1. The molecule has 2 heterocycles. The summed E-state index contributed by atoms with van der Waals surface area (Å²) in [7, 11) is 0. The zero-order chi connectivity index (χ0) is 16.2. The largest absolute Gasteiger partial charge is 0.369 e. The first-order valence-corrected chi connectivity index (χ1v) is 8.89. The molecule has 1 amide bonds. The number of nitrogens with zero attached hydrogens (tertiary/aromatic N) is 1. The minimum atomic E-state index is -0.165. The van der Waals surface area contributed by atoms with Gasteiger partial charge in [0.2, 0.25) is 5.91 Å². The molecule has 1 unspecified atom stereocenters. The standard InChI is InChI=1S/C17H22N4OS/c1-12-4-6-14(7-5-12)19-17-20-15(11-23-17)10-21-8-2-3-13(9-21)16(18)22/h4-7,11,13H,2-3,8-10H2,1H3,(H2,18,22)(H,19,20)/p+1/t13-/m0/s1. The van der Waals surface area contributed by atoms with E-state index in [4.69, 9.17) is 5.73 Å². The van der Waals surface area contributed by atoms with E-state index in [0.717, 1.165) is 49.0 Å². The molecule has 6 heteroatoms. The first kappa shape index (κ1) is 16.0. The zero-order valence-corrected chi connectivity index (χ0v) is 14.2. The minimum absolute atomic E-state index is 0.0162. The van der Waals surface area contributed by atoms with Crippen molar-refractivity contribution in [2.75, 3.05) is 18.4 Å². The number of aryl methyl sites for hydroxylation is 1. The second-order valence-electron chi connectivity index (χ2n) is 6.26.